The van der Waals surface area contributed by atoms with Gasteiger partial charge in [-0.15, -0.1) is 0 Å². The lowest BCUT2D eigenvalue weighted by Gasteiger charge is -2.17. The van der Waals surface area contributed by atoms with Crippen LogP contribution in [0.1, 0.15) is 25.8 Å². The van der Waals surface area contributed by atoms with Crippen molar-refractivity contribution in [2.24, 2.45) is 5.92 Å². The Labute approximate surface area is 128 Å². The SMILES string of the molecule is CC(C)C[C@H](NS(=O)(=O)c1cccc(Cl)c1C#N)C(=O)O. The molecule has 21 heavy (non-hydrogen) atoms. The number of carbonyl (C=O) groups is 1. The van der Waals surface area contributed by atoms with E-state index in [0.29, 0.717) is 0 Å². The number of hydrogen-bond donors (Lipinski definition) is 2. The lowest BCUT2D eigenvalue weighted by atomic mass is 10.1. The molecular formula is C13H15ClN2O4S. The molecule has 0 aliphatic rings. The van der Waals surface area contributed by atoms with E-state index in [1.165, 1.54) is 18.2 Å². The summed E-state index contributed by atoms with van der Waals surface area (Å²) in [4.78, 5) is 10.8. The first-order valence-corrected chi connectivity index (χ1v) is 7.99. The maximum Gasteiger partial charge on any atom is 0.321 e. The molecule has 0 aliphatic carbocycles. The number of aliphatic carboxylic acids is 1. The number of sulfonamides is 1. The van der Waals surface area contributed by atoms with Crippen LogP contribution < -0.4 is 4.72 Å². The third-order valence-electron chi connectivity index (χ3n) is 2.68. The summed E-state index contributed by atoms with van der Waals surface area (Å²) in [5.41, 5.74) is -0.208. The van der Waals surface area contributed by atoms with Crippen molar-refractivity contribution in [3.8, 4) is 6.07 Å². The van der Waals surface area contributed by atoms with Gasteiger partial charge in [-0.1, -0.05) is 31.5 Å². The van der Waals surface area contributed by atoms with Crippen LogP contribution in [-0.4, -0.2) is 25.5 Å². The van der Waals surface area contributed by atoms with E-state index in [0.717, 1.165) is 0 Å². The van der Waals surface area contributed by atoms with Gasteiger partial charge in [-0.25, -0.2) is 8.42 Å². The Kier molecular flexibility index (Phi) is 5.72. The van der Waals surface area contributed by atoms with Gasteiger partial charge in [-0.2, -0.15) is 9.98 Å². The van der Waals surface area contributed by atoms with Crippen LogP contribution in [0.15, 0.2) is 23.1 Å². The van der Waals surface area contributed by atoms with Crippen molar-refractivity contribution >= 4 is 27.6 Å². The summed E-state index contributed by atoms with van der Waals surface area (Å²) in [5, 5.41) is 18.1. The smallest absolute Gasteiger partial charge is 0.321 e. The Balaban J connectivity index is 3.21. The molecule has 0 radical (unpaired) electrons. The maximum absolute atomic E-state index is 12.3. The maximum atomic E-state index is 12.3. The molecule has 0 fully saturated rings. The van der Waals surface area contributed by atoms with Gasteiger partial charge in [0.1, 0.15) is 17.0 Å². The minimum absolute atomic E-state index is 0.00360. The quantitative estimate of drug-likeness (QED) is 0.829. The zero-order valence-electron chi connectivity index (χ0n) is 11.5. The van der Waals surface area contributed by atoms with E-state index in [-0.39, 0.29) is 27.8 Å². The topological polar surface area (TPSA) is 107 Å². The lowest BCUT2D eigenvalue weighted by Crippen LogP contribution is -2.41. The Morgan fingerprint density at radius 2 is 2.10 bits per heavy atom. The van der Waals surface area contributed by atoms with Crippen molar-refractivity contribution in [1.29, 1.82) is 5.26 Å². The molecule has 6 nitrogen and oxygen atoms in total. The van der Waals surface area contributed by atoms with E-state index in [1.807, 2.05) is 0 Å². The molecule has 1 atom stereocenters. The zero-order chi connectivity index (χ0) is 16.2. The normalized spacial score (nSPS) is 12.9. The molecule has 0 saturated carbocycles. The van der Waals surface area contributed by atoms with Crippen molar-refractivity contribution in [3.63, 3.8) is 0 Å². The number of nitrogens with one attached hydrogen (secondary N) is 1. The fraction of sp³-hybridized carbons (Fsp3) is 0.385. The minimum Gasteiger partial charge on any atom is -0.480 e. The third-order valence-corrected chi connectivity index (χ3v) is 4.51. The molecule has 0 aliphatic heterocycles. The Bertz CT molecular complexity index is 680. The lowest BCUT2D eigenvalue weighted by molar-refractivity contribution is -0.139. The number of nitrogens with zero attached hydrogens (tertiary/aromatic N) is 1. The molecule has 0 aromatic heterocycles. The summed E-state index contributed by atoms with van der Waals surface area (Å²) in [6.45, 7) is 3.56. The molecule has 0 spiro atoms. The number of nitriles is 1. The number of carboxylic acid groups (broad SMARTS) is 1. The number of carboxylic acids is 1. The number of rotatable bonds is 6. The summed E-state index contributed by atoms with van der Waals surface area (Å²) in [7, 11) is -4.15. The predicted octanol–water partition coefficient (Wildman–Crippen LogP) is 1.99. The van der Waals surface area contributed by atoms with Crippen molar-refractivity contribution in [2.75, 3.05) is 0 Å². The van der Waals surface area contributed by atoms with Crippen LogP contribution in [0.5, 0.6) is 0 Å². The monoisotopic (exact) mass is 330 g/mol. The molecular weight excluding hydrogens is 316 g/mol. The average Bonchev–Trinajstić information content (AvgIpc) is 2.36. The standard InChI is InChI=1S/C13H15ClN2O4S/c1-8(2)6-11(13(17)18)16-21(19,20)12-5-3-4-10(14)9(12)7-15/h3-5,8,11,16H,6H2,1-2H3,(H,17,18)/t11-/m0/s1. The van der Waals surface area contributed by atoms with Gasteiger partial charge < -0.3 is 5.11 Å². The van der Waals surface area contributed by atoms with Gasteiger partial charge in [0.05, 0.1) is 10.6 Å². The summed E-state index contributed by atoms with van der Waals surface area (Å²) >= 11 is 5.79. The Hall–Kier alpha value is -1.62. The van der Waals surface area contributed by atoms with Crippen molar-refractivity contribution < 1.29 is 18.3 Å². The van der Waals surface area contributed by atoms with E-state index in [9.17, 15) is 13.2 Å². The fourth-order valence-corrected chi connectivity index (χ4v) is 3.41. The molecule has 8 heteroatoms. The first-order valence-electron chi connectivity index (χ1n) is 6.12. The molecule has 0 saturated heterocycles. The molecule has 1 aromatic rings. The third kappa shape index (κ3) is 4.43. The number of hydrogen-bond acceptors (Lipinski definition) is 4. The molecule has 1 rings (SSSR count). The second-order valence-corrected chi connectivity index (χ2v) is 6.96. The van der Waals surface area contributed by atoms with Gasteiger partial charge in [0.15, 0.2) is 0 Å². The van der Waals surface area contributed by atoms with Crippen LogP contribution in [0, 0.1) is 17.2 Å². The molecule has 0 heterocycles. The van der Waals surface area contributed by atoms with Crippen molar-refractivity contribution in [3.05, 3.63) is 28.8 Å². The van der Waals surface area contributed by atoms with Gasteiger partial charge in [0.25, 0.3) is 0 Å². The van der Waals surface area contributed by atoms with Gasteiger partial charge in [-0.3, -0.25) is 4.79 Å². The summed E-state index contributed by atoms with van der Waals surface area (Å²) in [6.07, 6.45) is 0.136. The summed E-state index contributed by atoms with van der Waals surface area (Å²) in [6, 6.07) is 4.44. The predicted molar refractivity (Wildman–Crippen MR) is 77.4 cm³/mol. The highest BCUT2D eigenvalue weighted by Gasteiger charge is 2.28. The van der Waals surface area contributed by atoms with E-state index in [2.05, 4.69) is 4.72 Å². The van der Waals surface area contributed by atoms with Crippen LogP contribution in [-0.2, 0) is 14.8 Å². The first kappa shape index (κ1) is 17.4. The van der Waals surface area contributed by atoms with E-state index >= 15 is 0 Å². The first-order chi connectivity index (χ1) is 9.69. The summed E-state index contributed by atoms with van der Waals surface area (Å²) in [5.74, 6) is -1.28. The highest BCUT2D eigenvalue weighted by atomic mass is 35.5. The Morgan fingerprint density at radius 1 is 1.48 bits per heavy atom. The van der Waals surface area contributed by atoms with E-state index in [1.54, 1.807) is 19.9 Å². The van der Waals surface area contributed by atoms with Crippen LogP contribution in [0.2, 0.25) is 5.02 Å². The second-order valence-electron chi connectivity index (χ2n) is 4.87. The molecule has 0 bridgehead atoms. The zero-order valence-corrected chi connectivity index (χ0v) is 13.1. The second kappa shape index (κ2) is 6.89. The van der Waals surface area contributed by atoms with E-state index in [4.69, 9.17) is 22.0 Å². The number of benzene rings is 1. The van der Waals surface area contributed by atoms with Gasteiger partial charge in [-0.05, 0) is 24.5 Å². The van der Waals surface area contributed by atoms with E-state index < -0.39 is 22.0 Å². The molecule has 114 valence electrons. The number of halogens is 1. The van der Waals surface area contributed by atoms with Crippen molar-refractivity contribution in [2.45, 2.75) is 31.2 Å². The van der Waals surface area contributed by atoms with Gasteiger partial charge in [0.2, 0.25) is 10.0 Å². The Morgan fingerprint density at radius 3 is 2.57 bits per heavy atom. The molecule has 1 aromatic carbocycles. The van der Waals surface area contributed by atoms with Crippen LogP contribution in [0.3, 0.4) is 0 Å². The largest absolute Gasteiger partial charge is 0.480 e. The molecule has 0 unspecified atom stereocenters. The average molecular weight is 331 g/mol. The van der Waals surface area contributed by atoms with Crippen LogP contribution in [0.4, 0.5) is 0 Å². The summed E-state index contributed by atoms with van der Waals surface area (Å²) < 4.78 is 26.7. The van der Waals surface area contributed by atoms with Gasteiger partial charge in [0, 0.05) is 0 Å². The van der Waals surface area contributed by atoms with Crippen molar-refractivity contribution in [1.82, 2.24) is 4.72 Å². The molecule has 0 amide bonds. The highest BCUT2D eigenvalue weighted by molar-refractivity contribution is 7.89. The van der Waals surface area contributed by atoms with Crippen LogP contribution >= 0.6 is 11.6 Å². The fourth-order valence-electron chi connectivity index (χ4n) is 1.76. The molecule has 2 N–H and O–H groups in total. The minimum atomic E-state index is -4.15. The van der Waals surface area contributed by atoms with Gasteiger partial charge >= 0.3 is 5.97 Å². The highest BCUT2D eigenvalue weighted by Crippen LogP contribution is 2.23. The van der Waals surface area contributed by atoms with Crippen LogP contribution in [0.25, 0.3) is 0 Å².